The second-order valence-corrected chi connectivity index (χ2v) is 7.41. The molecular formula is C21H25NO2. The van der Waals surface area contributed by atoms with Gasteiger partial charge in [-0.1, -0.05) is 60.7 Å². The molecule has 2 aromatic carbocycles. The molecule has 24 heavy (non-hydrogen) atoms. The third kappa shape index (κ3) is 3.85. The van der Waals surface area contributed by atoms with Crippen molar-refractivity contribution in [2.75, 3.05) is 6.54 Å². The Labute approximate surface area is 144 Å². The maximum Gasteiger partial charge on any atom is 0.312 e. The summed E-state index contributed by atoms with van der Waals surface area (Å²) >= 11 is 0. The Hall–Kier alpha value is -2.13. The summed E-state index contributed by atoms with van der Waals surface area (Å²) in [5, 5.41) is 0. The lowest BCUT2D eigenvalue weighted by molar-refractivity contribution is -0.172. The number of hydrogen-bond acceptors (Lipinski definition) is 3. The van der Waals surface area contributed by atoms with Crippen LogP contribution in [0.15, 0.2) is 60.7 Å². The van der Waals surface area contributed by atoms with Crippen molar-refractivity contribution < 1.29 is 9.53 Å². The molecule has 2 aromatic rings. The van der Waals surface area contributed by atoms with E-state index >= 15 is 0 Å². The van der Waals surface area contributed by atoms with E-state index in [9.17, 15) is 4.79 Å². The Kier molecular flexibility index (Phi) is 4.72. The fraction of sp³-hybridized carbons (Fsp3) is 0.381. The Morgan fingerprint density at radius 1 is 1.04 bits per heavy atom. The summed E-state index contributed by atoms with van der Waals surface area (Å²) in [4.78, 5) is 14.9. The summed E-state index contributed by atoms with van der Waals surface area (Å²) in [6, 6.07) is 20.7. The second kappa shape index (κ2) is 6.78. The first-order chi connectivity index (χ1) is 11.4. The summed E-state index contributed by atoms with van der Waals surface area (Å²) in [6.45, 7) is 7.34. The summed E-state index contributed by atoms with van der Waals surface area (Å²) in [5.41, 5.74) is 2.00. The van der Waals surface area contributed by atoms with Gasteiger partial charge in [0.2, 0.25) is 0 Å². The second-order valence-electron chi connectivity index (χ2n) is 7.41. The van der Waals surface area contributed by atoms with Gasteiger partial charge in [-0.05, 0) is 31.9 Å². The molecule has 2 atom stereocenters. The van der Waals surface area contributed by atoms with Gasteiger partial charge in [0, 0.05) is 19.1 Å². The highest BCUT2D eigenvalue weighted by atomic mass is 16.6. The van der Waals surface area contributed by atoms with Crippen LogP contribution in [0, 0.1) is 5.92 Å². The number of hydrogen-bond donors (Lipinski definition) is 0. The minimum Gasteiger partial charge on any atom is -0.460 e. The van der Waals surface area contributed by atoms with E-state index < -0.39 is 5.60 Å². The van der Waals surface area contributed by atoms with Crippen LogP contribution in [0.5, 0.6) is 0 Å². The molecule has 126 valence electrons. The largest absolute Gasteiger partial charge is 0.460 e. The van der Waals surface area contributed by atoms with Crippen LogP contribution < -0.4 is 0 Å². The SMILES string of the molecule is CC(C)(C)OC(=O)[C@@H]1CN(Cc2ccccc2)[C@@H]1c1ccccc1. The highest BCUT2D eigenvalue weighted by molar-refractivity contribution is 5.75. The van der Waals surface area contributed by atoms with E-state index in [1.54, 1.807) is 0 Å². The number of likely N-dealkylation sites (tertiary alicyclic amines) is 1. The summed E-state index contributed by atoms with van der Waals surface area (Å²) in [7, 11) is 0. The smallest absolute Gasteiger partial charge is 0.312 e. The molecule has 0 amide bonds. The lowest BCUT2D eigenvalue weighted by atomic mass is 9.82. The molecule has 1 saturated heterocycles. The van der Waals surface area contributed by atoms with Crippen LogP contribution in [0.4, 0.5) is 0 Å². The van der Waals surface area contributed by atoms with Gasteiger partial charge < -0.3 is 4.74 Å². The van der Waals surface area contributed by atoms with Crippen molar-refractivity contribution in [2.24, 2.45) is 5.92 Å². The van der Waals surface area contributed by atoms with Crippen molar-refractivity contribution in [1.82, 2.24) is 4.90 Å². The molecule has 3 nitrogen and oxygen atoms in total. The number of esters is 1. The van der Waals surface area contributed by atoms with Crippen molar-refractivity contribution in [3.63, 3.8) is 0 Å². The van der Waals surface area contributed by atoms with Crippen LogP contribution in [0.1, 0.15) is 37.9 Å². The molecule has 0 bridgehead atoms. The summed E-state index contributed by atoms with van der Waals surface area (Å²) in [5.74, 6) is -0.198. The Morgan fingerprint density at radius 3 is 2.21 bits per heavy atom. The van der Waals surface area contributed by atoms with Crippen molar-refractivity contribution in [3.8, 4) is 0 Å². The first kappa shape index (κ1) is 16.7. The Morgan fingerprint density at radius 2 is 1.62 bits per heavy atom. The number of nitrogens with zero attached hydrogens (tertiary/aromatic N) is 1. The van der Waals surface area contributed by atoms with E-state index in [2.05, 4.69) is 41.3 Å². The van der Waals surface area contributed by atoms with Gasteiger partial charge in [-0.25, -0.2) is 0 Å². The molecule has 0 N–H and O–H groups in total. The quantitative estimate of drug-likeness (QED) is 0.790. The van der Waals surface area contributed by atoms with Gasteiger partial charge in [-0.15, -0.1) is 0 Å². The monoisotopic (exact) mass is 323 g/mol. The van der Waals surface area contributed by atoms with Crippen LogP contribution >= 0.6 is 0 Å². The molecule has 1 aliphatic rings. The predicted octanol–water partition coefficient (Wildman–Crippen LogP) is 4.20. The van der Waals surface area contributed by atoms with Crippen molar-refractivity contribution >= 4 is 5.97 Å². The highest BCUT2D eigenvalue weighted by Gasteiger charge is 2.45. The molecule has 0 aromatic heterocycles. The molecule has 1 aliphatic heterocycles. The van der Waals surface area contributed by atoms with Gasteiger partial charge in [0.05, 0.1) is 5.92 Å². The highest BCUT2D eigenvalue weighted by Crippen LogP contribution is 2.41. The van der Waals surface area contributed by atoms with Crippen molar-refractivity contribution in [2.45, 2.75) is 39.0 Å². The normalized spacial score (nSPS) is 21.1. The molecule has 3 rings (SSSR count). The van der Waals surface area contributed by atoms with Crippen LogP contribution in [-0.2, 0) is 16.1 Å². The lowest BCUT2D eigenvalue weighted by Crippen LogP contribution is -2.53. The van der Waals surface area contributed by atoms with Crippen LogP contribution in [0.3, 0.4) is 0 Å². The van der Waals surface area contributed by atoms with E-state index in [1.165, 1.54) is 11.1 Å². The Balaban J connectivity index is 1.78. The van der Waals surface area contributed by atoms with Crippen LogP contribution in [-0.4, -0.2) is 23.0 Å². The molecule has 0 aliphatic carbocycles. The number of rotatable bonds is 4. The van der Waals surface area contributed by atoms with Crippen LogP contribution in [0.2, 0.25) is 0 Å². The van der Waals surface area contributed by atoms with Crippen molar-refractivity contribution in [1.29, 1.82) is 0 Å². The van der Waals surface area contributed by atoms with Gasteiger partial charge in [0.25, 0.3) is 0 Å². The van der Waals surface area contributed by atoms with E-state index in [0.717, 1.165) is 13.1 Å². The molecule has 0 radical (unpaired) electrons. The Bertz CT molecular complexity index is 676. The fourth-order valence-electron chi connectivity index (χ4n) is 3.24. The summed E-state index contributed by atoms with van der Waals surface area (Å²) < 4.78 is 5.63. The zero-order valence-electron chi connectivity index (χ0n) is 14.6. The zero-order chi connectivity index (χ0) is 17.2. The first-order valence-electron chi connectivity index (χ1n) is 8.50. The molecule has 0 spiro atoms. The molecule has 3 heteroatoms. The molecule has 0 unspecified atom stereocenters. The third-order valence-corrected chi connectivity index (χ3v) is 4.28. The minimum atomic E-state index is -0.446. The number of carbonyl (C=O) groups is 1. The van der Waals surface area contributed by atoms with E-state index in [-0.39, 0.29) is 17.9 Å². The topological polar surface area (TPSA) is 29.5 Å². The average Bonchev–Trinajstić information content (AvgIpc) is 2.51. The lowest BCUT2D eigenvalue weighted by Gasteiger charge is -2.47. The molecule has 1 heterocycles. The number of carbonyl (C=O) groups excluding carboxylic acids is 1. The predicted molar refractivity (Wildman–Crippen MR) is 95.4 cm³/mol. The van der Waals surface area contributed by atoms with Gasteiger partial charge in [0.1, 0.15) is 5.60 Å². The van der Waals surface area contributed by atoms with Gasteiger partial charge in [0.15, 0.2) is 0 Å². The minimum absolute atomic E-state index is 0.0845. The molecule has 0 saturated carbocycles. The zero-order valence-corrected chi connectivity index (χ0v) is 14.6. The third-order valence-electron chi connectivity index (χ3n) is 4.28. The van der Waals surface area contributed by atoms with Gasteiger partial charge >= 0.3 is 5.97 Å². The number of benzene rings is 2. The summed E-state index contributed by atoms with van der Waals surface area (Å²) in [6.07, 6.45) is 0. The fourth-order valence-corrected chi connectivity index (χ4v) is 3.24. The van der Waals surface area contributed by atoms with Crippen LogP contribution in [0.25, 0.3) is 0 Å². The van der Waals surface area contributed by atoms with Gasteiger partial charge in [-0.2, -0.15) is 0 Å². The van der Waals surface area contributed by atoms with Gasteiger partial charge in [-0.3, -0.25) is 9.69 Å². The van der Waals surface area contributed by atoms with E-state index in [0.29, 0.717) is 0 Å². The standard InChI is InChI=1S/C21H25NO2/c1-21(2,3)24-20(23)18-15-22(14-16-10-6-4-7-11-16)19(18)17-12-8-5-9-13-17/h4-13,18-19H,14-15H2,1-3H3/t18-,19-/m1/s1. The maximum absolute atomic E-state index is 12.6. The number of ether oxygens (including phenoxy) is 1. The maximum atomic E-state index is 12.6. The van der Waals surface area contributed by atoms with E-state index in [1.807, 2.05) is 45.0 Å². The first-order valence-corrected chi connectivity index (χ1v) is 8.50. The molecular weight excluding hydrogens is 298 g/mol. The molecule has 1 fully saturated rings. The van der Waals surface area contributed by atoms with E-state index in [4.69, 9.17) is 4.74 Å². The average molecular weight is 323 g/mol. The van der Waals surface area contributed by atoms with Crippen molar-refractivity contribution in [3.05, 3.63) is 71.8 Å².